The van der Waals surface area contributed by atoms with Crippen molar-refractivity contribution >= 4 is 17.2 Å². The fourth-order valence-corrected chi connectivity index (χ4v) is 3.14. The largest absolute Gasteiger partial charge is 0.347 e. The van der Waals surface area contributed by atoms with Crippen molar-refractivity contribution in [2.24, 2.45) is 0 Å². The molecule has 0 bridgehead atoms. The number of nitrogens with one attached hydrogen (secondary N) is 2. The lowest BCUT2D eigenvalue weighted by molar-refractivity contribution is 0.0935. The molecule has 4 nitrogen and oxygen atoms in total. The van der Waals surface area contributed by atoms with E-state index in [9.17, 15) is 9.18 Å². The zero-order valence-corrected chi connectivity index (χ0v) is 12.3. The molecular formula is C15H16FN3OS. The third-order valence-corrected chi connectivity index (χ3v) is 4.33. The lowest BCUT2D eigenvalue weighted by Crippen LogP contribution is -2.36. The molecule has 1 aromatic carbocycles. The highest BCUT2D eigenvalue weighted by Crippen LogP contribution is 2.17. The van der Waals surface area contributed by atoms with Crippen LogP contribution in [0.25, 0.3) is 0 Å². The predicted molar refractivity (Wildman–Crippen MR) is 80.1 cm³/mol. The molecule has 110 valence electrons. The SMILES string of the molecule is O=C(NC1CCNC1)c1csc(Cc2ccccc2F)n1. The van der Waals surface area contributed by atoms with Crippen LogP contribution in [0, 0.1) is 5.82 Å². The highest BCUT2D eigenvalue weighted by molar-refractivity contribution is 7.09. The quantitative estimate of drug-likeness (QED) is 0.908. The summed E-state index contributed by atoms with van der Waals surface area (Å²) in [5, 5.41) is 8.63. The zero-order valence-electron chi connectivity index (χ0n) is 11.4. The summed E-state index contributed by atoms with van der Waals surface area (Å²) in [6.07, 6.45) is 1.35. The van der Waals surface area contributed by atoms with Crippen molar-refractivity contribution in [2.45, 2.75) is 18.9 Å². The second kappa shape index (κ2) is 6.32. The number of hydrogen-bond donors (Lipinski definition) is 2. The number of rotatable bonds is 4. The molecule has 0 radical (unpaired) electrons. The van der Waals surface area contributed by atoms with Crippen molar-refractivity contribution in [3.05, 3.63) is 51.7 Å². The molecule has 6 heteroatoms. The summed E-state index contributed by atoms with van der Waals surface area (Å²) in [7, 11) is 0. The summed E-state index contributed by atoms with van der Waals surface area (Å²) in [5.41, 5.74) is 1.01. The lowest BCUT2D eigenvalue weighted by atomic mass is 10.1. The van der Waals surface area contributed by atoms with Crippen molar-refractivity contribution in [2.75, 3.05) is 13.1 Å². The van der Waals surface area contributed by atoms with Gasteiger partial charge in [-0.25, -0.2) is 9.37 Å². The van der Waals surface area contributed by atoms with E-state index in [2.05, 4.69) is 15.6 Å². The van der Waals surface area contributed by atoms with E-state index >= 15 is 0 Å². The molecule has 2 aromatic rings. The lowest BCUT2D eigenvalue weighted by Gasteiger charge is -2.09. The highest BCUT2D eigenvalue weighted by Gasteiger charge is 2.19. The van der Waals surface area contributed by atoms with Crippen molar-refractivity contribution in [1.82, 2.24) is 15.6 Å². The maximum Gasteiger partial charge on any atom is 0.271 e. The van der Waals surface area contributed by atoms with Crippen LogP contribution in [0.3, 0.4) is 0 Å². The summed E-state index contributed by atoms with van der Waals surface area (Å²) >= 11 is 1.39. The van der Waals surface area contributed by atoms with E-state index in [0.29, 0.717) is 17.7 Å². The van der Waals surface area contributed by atoms with Gasteiger partial charge in [0.15, 0.2) is 0 Å². The van der Waals surface area contributed by atoms with Crippen LogP contribution in [0.1, 0.15) is 27.5 Å². The Morgan fingerprint density at radius 3 is 3.10 bits per heavy atom. The Morgan fingerprint density at radius 1 is 1.48 bits per heavy atom. The fraction of sp³-hybridized carbons (Fsp3) is 0.333. The second-order valence-corrected chi connectivity index (χ2v) is 6.00. The Kier molecular flexibility index (Phi) is 4.26. The van der Waals surface area contributed by atoms with Gasteiger partial charge in [0.25, 0.3) is 5.91 Å². The Balaban J connectivity index is 1.65. The Morgan fingerprint density at radius 2 is 2.33 bits per heavy atom. The fourth-order valence-electron chi connectivity index (χ4n) is 2.34. The van der Waals surface area contributed by atoms with Crippen LogP contribution in [-0.2, 0) is 6.42 Å². The van der Waals surface area contributed by atoms with Crippen LogP contribution in [0.4, 0.5) is 4.39 Å². The summed E-state index contributed by atoms with van der Waals surface area (Å²) in [6.45, 7) is 1.73. The molecule has 0 spiro atoms. The van der Waals surface area contributed by atoms with Crippen molar-refractivity contribution < 1.29 is 9.18 Å². The van der Waals surface area contributed by atoms with Gasteiger partial charge >= 0.3 is 0 Å². The van der Waals surface area contributed by atoms with Crippen LogP contribution in [-0.4, -0.2) is 30.0 Å². The van der Waals surface area contributed by atoms with Crippen molar-refractivity contribution in [1.29, 1.82) is 0 Å². The number of amides is 1. The molecule has 1 unspecified atom stereocenters. The Hall–Kier alpha value is -1.79. The number of thiazole rings is 1. The maximum atomic E-state index is 13.6. The second-order valence-electron chi connectivity index (χ2n) is 5.06. The normalized spacial score (nSPS) is 17.9. The molecule has 1 fully saturated rings. The summed E-state index contributed by atoms with van der Waals surface area (Å²) in [5.74, 6) is -0.393. The number of halogens is 1. The van der Waals surface area contributed by atoms with Gasteiger partial charge in [0.05, 0.1) is 5.01 Å². The number of aromatic nitrogens is 1. The minimum absolute atomic E-state index is 0.153. The zero-order chi connectivity index (χ0) is 14.7. The smallest absolute Gasteiger partial charge is 0.271 e. The highest BCUT2D eigenvalue weighted by atomic mass is 32.1. The molecule has 1 atom stereocenters. The molecule has 1 amide bonds. The molecular weight excluding hydrogens is 289 g/mol. The molecule has 3 rings (SSSR count). The number of benzene rings is 1. The molecule has 1 aromatic heterocycles. The van der Waals surface area contributed by atoms with E-state index in [1.54, 1.807) is 23.6 Å². The van der Waals surface area contributed by atoms with Gasteiger partial charge in [0.2, 0.25) is 0 Å². The first kappa shape index (κ1) is 14.2. The summed E-state index contributed by atoms with van der Waals surface area (Å²) in [6, 6.07) is 6.81. The number of carbonyl (C=O) groups is 1. The van der Waals surface area contributed by atoms with Gasteiger partial charge in [-0.1, -0.05) is 18.2 Å². The Labute approximate surface area is 126 Å². The number of nitrogens with zero attached hydrogens (tertiary/aromatic N) is 1. The standard InChI is InChI=1S/C15H16FN3OS/c16-12-4-2-1-3-10(12)7-14-19-13(9-21-14)15(20)18-11-5-6-17-8-11/h1-4,9,11,17H,5-8H2,(H,18,20). The minimum atomic E-state index is -0.240. The molecule has 0 aliphatic carbocycles. The molecule has 1 aliphatic heterocycles. The first-order chi connectivity index (χ1) is 10.2. The third-order valence-electron chi connectivity index (χ3n) is 3.48. The molecule has 2 heterocycles. The van der Waals surface area contributed by atoms with Crippen LogP contribution in [0.2, 0.25) is 0 Å². The first-order valence-corrected chi connectivity index (χ1v) is 7.80. The van der Waals surface area contributed by atoms with Gasteiger partial charge in [-0.15, -0.1) is 11.3 Å². The van der Waals surface area contributed by atoms with Crippen molar-refractivity contribution in [3.63, 3.8) is 0 Å². The minimum Gasteiger partial charge on any atom is -0.347 e. The summed E-state index contributed by atoms with van der Waals surface area (Å²) in [4.78, 5) is 16.4. The van der Waals surface area contributed by atoms with Gasteiger partial charge in [0.1, 0.15) is 11.5 Å². The molecule has 2 N–H and O–H groups in total. The average molecular weight is 305 g/mol. The van der Waals surface area contributed by atoms with Gasteiger partial charge in [-0.3, -0.25) is 4.79 Å². The van der Waals surface area contributed by atoms with E-state index < -0.39 is 0 Å². The molecule has 0 saturated carbocycles. The van der Waals surface area contributed by atoms with Crippen LogP contribution in [0.5, 0.6) is 0 Å². The van der Waals surface area contributed by atoms with Crippen LogP contribution in [0.15, 0.2) is 29.6 Å². The van der Waals surface area contributed by atoms with Gasteiger partial charge in [-0.2, -0.15) is 0 Å². The third kappa shape index (κ3) is 3.46. The monoisotopic (exact) mass is 305 g/mol. The number of carbonyl (C=O) groups excluding carboxylic acids is 1. The van der Waals surface area contributed by atoms with E-state index in [0.717, 1.165) is 24.5 Å². The predicted octanol–water partition coefficient (Wildman–Crippen LogP) is 1.96. The van der Waals surface area contributed by atoms with Gasteiger partial charge in [0, 0.05) is 24.4 Å². The molecule has 1 saturated heterocycles. The van der Waals surface area contributed by atoms with E-state index in [-0.39, 0.29) is 17.8 Å². The van der Waals surface area contributed by atoms with Crippen LogP contribution >= 0.6 is 11.3 Å². The summed E-state index contributed by atoms with van der Waals surface area (Å²) < 4.78 is 13.6. The molecule has 21 heavy (non-hydrogen) atoms. The Bertz CT molecular complexity index is 637. The number of hydrogen-bond acceptors (Lipinski definition) is 4. The van der Waals surface area contributed by atoms with E-state index in [1.165, 1.54) is 17.4 Å². The van der Waals surface area contributed by atoms with E-state index in [4.69, 9.17) is 0 Å². The topological polar surface area (TPSA) is 54.0 Å². The maximum absolute atomic E-state index is 13.6. The average Bonchev–Trinajstić information content (AvgIpc) is 3.13. The first-order valence-electron chi connectivity index (χ1n) is 6.92. The van der Waals surface area contributed by atoms with Gasteiger partial charge in [-0.05, 0) is 24.6 Å². The van der Waals surface area contributed by atoms with Crippen molar-refractivity contribution in [3.8, 4) is 0 Å². The van der Waals surface area contributed by atoms with Gasteiger partial charge < -0.3 is 10.6 Å². The van der Waals surface area contributed by atoms with Crippen LogP contribution < -0.4 is 10.6 Å². The van der Waals surface area contributed by atoms with E-state index in [1.807, 2.05) is 0 Å². The molecule has 1 aliphatic rings.